The number of ether oxygens (including phenoxy) is 2. The van der Waals surface area contributed by atoms with Crippen LogP contribution in [0.25, 0.3) is 10.9 Å². The molecule has 5 atom stereocenters. The number of aliphatic hydroxyl groups is 4. The van der Waals surface area contributed by atoms with Gasteiger partial charge in [-0.1, -0.05) is 23.0 Å². The lowest BCUT2D eigenvalue weighted by atomic mass is 10.0. The van der Waals surface area contributed by atoms with Gasteiger partial charge in [0.25, 0.3) is 0 Å². The summed E-state index contributed by atoms with van der Waals surface area (Å²) in [5.74, 6) is 0.543. The molecule has 2 aromatic rings. The summed E-state index contributed by atoms with van der Waals surface area (Å²) in [7, 11) is -3.42. The topological polar surface area (TPSA) is 191 Å². The molecule has 0 spiro atoms. The largest absolute Gasteiger partial charge is 0.496 e. The van der Waals surface area contributed by atoms with Gasteiger partial charge < -0.3 is 34.9 Å². The minimum Gasteiger partial charge on any atom is -0.496 e. The van der Waals surface area contributed by atoms with Gasteiger partial charge in [0.2, 0.25) is 0 Å². The van der Waals surface area contributed by atoms with E-state index >= 15 is 0 Å². The molecule has 1 fully saturated rings. The first-order chi connectivity index (χ1) is 14.6. The van der Waals surface area contributed by atoms with Crippen LogP contribution < -0.4 is 4.74 Å². The monoisotopic (exact) mass is 478 g/mol. The summed E-state index contributed by atoms with van der Waals surface area (Å²) in [6.07, 6.45) is -4.31. The van der Waals surface area contributed by atoms with Crippen molar-refractivity contribution < 1.29 is 47.2 Å². The van der Waals surface area contributed by atoms with Crippen molar-refractivity contribution in [1.29, 1.82) is 0 Å². The first-order valence-electron chi connectivity index (χ1n) is 8.97. The Hall–Kier alpha value is -1.91. The van der Waals surface area contributed by atoms with Crippen LogP contribution in [0.5, 0.6) is 5.75 Å². The molecule has 3 rings (SSSR count). The fraction of sp³-hybridized carbons (Fsp3) is 0.471. The highest BCUT2D eigenvalue weighted by molar-refractivity contribution is 8.14. The summed E-state index contributed by atoms with van der Waals surface area (Å²) in [6, 6.07) is 5.31. The van der Waals surface area contributed by atoms with Gasteiger partial charge in [0.15, 0.2) is 0 Å². The van der Waals surface area contributed by atoms with E-state index in [1.165, 1.54) is 7.11 Å². The number of aromatic nitrogens is 1. The van der Waals surface area contributed by atoms with Gasteiger partial charge >= 0.3 is 10.4 Å². The molecule has 0 radical (unpaired) electrons. The molecule has 31 heavy (non-hydrogen) atoms. The van der Waals surface area contributed by atoms with Crippen molar-refractivity contribution in [3.8, 4) is 5.75 Å². The Kier molecular flexibility index (Phi) is 7.43. The van der Waals surface area contributed by atoms with Crippen LogP contribution in [0.15, 0.2) is 29.6 Å². The van der Waals surface area contributed by atoms with Crippen LogP contribution in [0.2, 0.25) is 0 Å². The Morgan fingerprint density at radius 2 is 2.00 bits per heavy atom. The molecule has 1 aliphatic heterocycles. The maximum absolute atomic E-state index is 11.0. The normalized spacial score (nSPS) is 27.4. The summed E-state index contributed by atoms with van der Waals surface area (Å²) < 4.78 is 45.8. The molecule has 0 aliphatic carbocycles. The third-order valence-corrected chi connectivity index (χ3v) is 6.02. The summed E-state index contributed by atoms with van der Waals surface area (Å²) >= 11 is 0.700. The van der Waals surface area contributed by atoms with Crippen molar-refractivity contribution in [1.82, 2.24) is 4.98 Å². The van der Waals surface area contributed by atoms with E-state index in [9.17, 15) is 28.8 Å². The van der Waals surface area contributed by atoms with Crippen LogP contribution in [0, 0.1) is 0 Å². The summed E-state index contributed by atoms with van der Waals surface area (Å²) in [4.78, 5) is 3.04. The predicted molar refractivity (Wildman–Crippen MR) is 110 cm³/mol. The van der Waals surface area contributed by atoms with Crippen LogP contribution >= 0.6 is 11.8 Å². The van der Waals surface area contributed by atoms with Crippen LogP contribution in [0.3, 0.4) is 0 Å². The van der Waals surface area contributed by atoms with Gasteiger partial charge in [-0.3, -0.25) is 4.55 Å². The van der Waals surface area contributed by atoms with Crippen molar-refractivity contribution in [3.63, 3.8) is 0 Å². The highest BCUT2D eigenvalue weighted by Gasteiger charge is 2.44. The van der Waals surface area contributed by atoms with Gasteiger partial charge in [-0.25, -0.2) is 4.28 Å². The first-order valence-corrected chi connectivity index (χ1v) is 11.2. The molecule has 1 saturated heterocycles. The van der Waals surface area contributed by atoms with Gasteiger partial charge in [0, 0.05) is 23.5 Å². The quantitative estimate of drug-likeness (QED) is 0.129. The van der Waals surface area contributed by atoms with Crippen molar-refractivity contribution in [3.05, 3.63) is 30.0 Å². The lowest BCUT2D eigenvalue weighted by Gasteiger charge is -2.39. The number of H-pyrrole nitrogens is 1. The van der Waals surface area contributed by atoms with E-state index < -0.39 is 46.9 Å². The van der Waals surface area contributed by atoms with E-state index in [0.29, 0.717) is 28.5 Å². The minimum absolute atomic E-state index is 0.0322. The summed E-state index contributed by atoms with van der Waals surface area (Å²) in [5.41, 5.74) is 0.135. The Morgan fingerprint density at radius 3 is 2.65 bits per heavy atom. The second kappa shape index (κ2) is 9.70. The lowest BCUT2D eigenvalue weighted by Crippen LogP contribution is -2.57. The number of oxime groups is 1. The van der Waals surface area contributed by atoms with E-state index in [1.807, 2.05) is 0 Å². The number of nitrogens with zero attached hydrogens (tertiary/aromatic N) is 1. The second-order valence-corrected chi connectivity index (χ2v) is 8.85. The average molecular weight is 479 g/mol. The maximum atomic E-state index is 11.0. The molecule has 2 heterocycles. The number of benzene rings is 1. The first kappa shape index (κ1) is 23.7. The fourth-order valence-electron chi connectivity index (χ4n) is 3.18. The van der Waals surface area contributed by atoms with Crippen molar-refractivity contribution in [2.45, 2.75) is 36.3 Å². The highest BCUT2D eigenvalue weighted by Crippen LogP contribution is 2.33. The molecular weight excluding hydrogens is 456 g/mol. The molecule has 14 heteroatoms. The second-order valence-electron chi connectivity index (χ2n) is 6.68. The van der Waals surface area contributed by atoms with E-state index in [1.54, 1.807) is 24.4 Å². The zero-order chi connectivity index (χ0) is 22.8. The molecule has 6 N–H and O–H groups in total. The molecule has 1 aliphatic rings. The van der Waals surface area contributed by atoms with Crippen LogP contribution in [-0.2, 0) is 25.8 Å². The van der Waals surface area contributed by atoms with Crippen LogP contribution in [-0.4, -0.2) is 87.0 Å². The third kappa shape index (κ3) is 5.48. The molecule has 12 nitrogen and oxygen atoms in total. The summed E-state index contributed by atoms with van der Waals surface area (Å²) in [5, 5.41) is 43.6. The van der Waals surface area contributed by atoms with Crippen molar-refractivity contribution in [2.75, 3.05) is 13.7 Å². The third-order valence-electron chi connectivity index (χ3n) is 4.64. The number of aliphatic hydroxyl groups excluding tert-OH is 4. The van der Waals surface area contributed by atoms with Crippen LogP contribution in [0.1, 0.15) is 5.56 Å². The smallest absolute Gasteiger partial charge is 0.466 e. The van der Waals surface area contributed by atoms with E-state index in [2.05, 4.69) is 14.4 Å². The van der Waals surface area contributed by atoms with E-state index in [-0.39, 0.29) is 11.5 Å². The number of rotatable bonds is 7. The molecular formula is C17H22N2O10S2. The average Bonchev–Trinajstić information content (AvgIpc) is 3.14. The van der Waals surface area contributed by atoms with Gasteiger partial charge in [0.1, 0.15) is 40.6 Å². The molecule has 1 aromatic heterocycles. The number of aromatic amines is 1. The Balaban J connectivity index is 1.91. The fourth-order valence-corrected chi connectivity index (χ4v) is 4.49. The molecule has 1 aromatic carbocycles. The highest BCUT2D eigenvalue weighted by atomic mass is 32.3. The Bertz CT molecular complexity index is 1040. The zero-order valence-corrected chi connectivity index (χ0v) is 17.8. The van der Waals surface area contributed by atoms with Gasteiger partial charge in [-0.15, -0.1) is 0 Å². The van der Waals surface area contributed by atoms with Gasteiger partial charge in [0.05, 0.1) is 13.7 Å². The lowest BCUT2D eigenvalue weighted by molar-refractivity contribution is -0.205. The zero-order valence-electron chi connectivity index (χ0n) is 16.2. The van der Waals surface area contributed by atoms with Crippen molar-refractivity contribution in [2.24, 2.45) is 5.16 Å². The van der Waals surface area contributed by atoms with Crippen molar-refractivity contribution >= 4 is 38.1 Å². The number of methoxy groups -OCH3 is 1. The predicted octanol–water partition coefficient (Wildman–Crippen LogP) is -0.615. The number of thioether (sulfide) groups is 1. The number of hydrogen-bond donors (Lipinski definition) is 6. The number of fused-ring (bicyclic) bond motifs is 1. The molecule has 0 unspecified atom stereocenters. The van der Waals surface area contributed by atoms with Gasteiger partial charge in [-0.05, 0) is 17.7 Å². The maximum Gasteiger partial charge on any atom is 0.466 e. The number of nitrogens with one attached hydrogen (secondary N) is 1. The Labute approximate surface area is 181 Å². The molecule has 0 saturated carbocycles. The Morgan fingerprint density at radius 1 is 1.26 bits per heavy atom. The minimum atomic E-state index is -4.91. The SMILES string of the molecule is COc1cccc2[nH]cc(C/C(=N/OS(=O)(=O)O)S[C@@H]3O[C@H](CO)[C@@H](O)[C@H](O)[C@H]3O)c12. The number of hydrogen-bond acceptors (Lipinski definition) is 11. The molecule has 172 valence electrons. The molecule has 0 amide bonds. The van der Waals surface area contributed by atoms with E-state index in [4.69, 9.17) is 14.0 Å². The molecule has 0 bridgehead atoms. The summed E-state index contributed by atoms with van der Waals surface area (Å²) in [6.45, 7) is -0.629. The van der Waals surface area contributed by atoms with E-state index in [0.717, 1.165) is 5.52 Å². The van der Waals surface area contributed by atoms with Crippen LogP contribution in [0.4, 0.5) is 0 Å². The van der Waals surface area contributed by atoms with Gasteiger partial charge in [-0.2, -0.15) is 8.42 Å². The standard InChI is InChI=1S/C17H22N2O10S2/c1-27-10-4-2-3-9-13(10)8(6-18-9)5-12(19-29-31(24,25)26)30-17-16(23)15(22)14(21)11(7-20)28-17/h2-4,6,11,14-18,20-23H,5,7H2,1H3,(H,24,25,26)/b19-12-/t11-,14-,15+,16-,17+/m1/s1.